The molecule has 0 bridgehead atoms. The summed E-state index contributed by atoms with van der Waals surface area (Å²) in [6, 6.07) is 12.9. The van der Waals surface area contributed by atoms with Crippen LogP contribution in [-0.4, -0.2) is 41.8 Å². The Morgan fingerprint density at radius 1 is 1.16 bits per heavy atom. The largest absolute Gasteiger partial charge is 0.356 e. The molecule has 2 heterocycles. The number of amides is 2. The van der Waals surface area contributed by atoms with Crippen molar-refractivity contribution in [2.24, 2.45) is 0 Å². The van der Waals surface area contributed by atoms with E-state index in [1.165, 1.54) is 0 Å². The predicted molar refractivity (Wildman–Crippen MR) is 123 cm³/mol. The van der Waals surface area contributed by atoms with E-state index in [2.05, 4.69) is 27.0 Å². The summed E-state index contributed by atoms with van der Waals surface area (Å²) in [6.07, 6.45) is 7.92. The van der Waals surface area contributed by atoms with Gasteiger partial charge in [0.05, 0.1) is 12.1 Å². The maximum Gasteiger partial charge on any atom is 0.272 e. The Morgan fingerprint density at radius 3 is 2.62 bits per heavy atom. The number of carbonyl (C=O) groups excluding carboxylic acids is 2. The van der Waals surface area contributed by atoms with E-state index in [4.69, 9.17) is 11.2 Å². The summed E-state index contributed by atoms with van der Waals surface area (Å²) in [5.74, 6) is 1.94. The molecular weight excluding hydrogens is 406 g/mol. The highest BCUT2D eigenvalue weighted by molar-refractivity contribution is 6.05. The molecule has 1 aliphatic rings. The van der Waals surface area contributed by atoms with Gasteiger partial charge in [-0.2, -0.15) is 5.10 Å². The Morgan fingerprint density at radius 2 is 1.94 bits per heavy atom. The monoisotopic (exact) mass is 431 g/mol. The highest BCUT2D eigenvalue weighted by Crippen LogP contribution is 2.30. The molecule has 0 radical (unpaired) electrons. The fourth-order valence-corrected chi connectivity index (χ4v) is 3.74. The van der Waals surface area contributed by atoms with Crippen LogP contribution >= 0.6 is 0 Å². The molecule has 4 rings (SSSR count). The van der Waals surface area contributed by atoms with Gasteiger partial charge in [-0.1, -0.05) is 5.92 Å². The van der Waals surface area contributed by atoms with Crippen LogP contribution in [0.1, 0.15) is 46.3 Å². The molecule has 3 aromatic rings. The number of nitrogens with zero attached hydrogens (tertiary/aromatic N) is 2. The molecule has 8 heteroatoms. The van der Waals surface area contributed by atoms with Crippen LogP contribution in [0.5, 0.6) is 0 Å². The first-order valence-corrected chi connectivity index (χ1v) is 10.6. The molecule has 8 nitrogen and oxygen atoms in total. The maximum absolute atomic E-state index is 12.4. The quantitative estimate of drug-likeness (QED) is 0.521. The van der Waals surface area contributed by atoms with Crippen LogP contribution in [0.25, 0.3) is 10.9 Å². The highest BCUT2D eigenvalue weighted by Gasteiger charge is 2.23. The van der Waals surface area contributed by atoms with Gasteiger partial charge >= 0.3 is 0 Å². The van der Waals surface area contributed by atoms with E-state index in [-0.39, 0.29) is 24.6 Å². The molecular formula is C24H25N5O3. The van der Waals surface area contributed by atoms with Gasteiger partial charge in [0.1, 0.15) is 0 Å². The normalized spacial score (nSPS) is 15.7. The van der Waals surface area contributed by atoms with Gasteiger partial charge in [-0.05, 0) is 61.7 Å². The third-order valence-corrected chi connectivity index (χ3v) is 5.36. The second kappa shape index (κ2) is 9.54. The van der Waals surface area contributed by atoms with Crippen molar-refractivity contribution in [1.29, 1.82) is 0 Å². The lowest BCUT2D eigenvalue weighted by Gasteiger charge is -2.23. The molecule has 1 unspecified atom stereocenters. The number of hydrogen-bond donors (Lipinski definition) is 3. The molecule has 2 aromatic carbocycles. The zero-order chi connectivity index (χ0) is 22.5. The van der Waals surface area contributed by atoms with Gasteiger partial charge in [0.25, 0.3) is 11.8 Å². The van der Waals surface area contributed by atoms with Crippen molar-refractivity contribution < 1.29 is 14.3 Å². The van der Waals surface area contributed by atoms with Crippen molar-refractivity contribution in [3.63, 3.8) is 0 Å². The number of ether oxygens (including phenoxy) is 1. The minimum Gasteiger partial charge on any atom is -0.356 e. The summed E-state index contributed by atoms with van der Waals surface area (Å²) >= 11 is 0. The Labute approximate surface area is 186 Å². The summed E-state index contributed by atoms with van der Waals surface area (Å²) < 4.78 is 7.73. The van der Waals surface area contributed by atoms with Crippen LogP contribution in [0, 0.1) is 12.3 Å². The number of anilines is 2. The summed E-state index contributed by atoms with van der Waals surface area (Å²) in [4.78, 5) is 24.4. The smallest absolute Gasteiger partial charge is 0.272 e. The van der Waals surface area contributed by atoms with E-state index < -0.39 is 0 Å². The summed E-state index contributed by atoms with van der Waals surface area (Å²) in [7, 11) is 1.59. The van der Waals surface area contributed by atoms with E-state index >= 15 is 0 Å². The lowest BCUT2D eigenvalue weighted by atomic mass is 10.1. The van der Waals surface area contributed by atoms with Crippen molar-refractivity contribution in [2.75, 3.05) is 25.5 Å². The van der Waals surface area contributed by atoms with Crippen molar-refractivity contribution in [3.8, 4) is 12.3 Å². The minimum absolute atomic E-state index is 0.190. The summed E-state index contributed by atoms with van der Waals surface area (Å²) in [6.45, 7) is 0.871. The number of terminal acetylenes is 1. The first-order chi connectivity index (χ1) is 15.6. The van der Waals surface area contributed by atoms with Gasteiger partial charge in [-0.15, -0.1) is 6.42 Å². The van der Waals surface area contributed by atoms with Crippen LogP contribution in [0.3, 0.4) is 0 Å². The zero-order valence-corrected chi connectivity index (χ0v) is 17.9. The van der Waals surface area contributed by atoms with Gasteiger partial charge in [0.15, 0.2) is 11.9 Å². The van der Waals surface area contributed by atoms with E-state index in [1.807, 2.05) is 35.0 Å². The van der Waals surface area contributed by atoms with Crippen LogP contribution in [0.4, 0.5) is 11.4 Å². The fraction of sp³-hybridized carbons (Fsp3) is 0.292. The third-order valence-electron chi connectivity index (χ3n) is 5.36. The topological polar surface area (TPSA) is 97.3 Å². The Balaban J connectivity index is 1.62. The average molecular weight is 431 g/mol. The minimum atomic E-state index is -0.232. The number of hydrogen-bond acceptors (Lipinski definition) is 5. The lowest BCUT2D eigenvalue weighted by molar-refractivity contribution is -0.0368. The molecule has 0 spiro atoms. The van der Waals surface area contributed by atoms with Crippen LogP contribution in [0.15, 0.2) is 42.5 Å². The van der Waals surface area contributed by atoms with Gasteiger partial charge in [-0.3, -0.25) is 9.59 Å². The van der Waals surface area contributed by atoms with Crippen LogP contribution < -0.4 is 16.0 Å². The molecule has 164 valence electrons. The molecule has 0 aliphatic carbocycles. The zero-order valence-electron chi connectivity index (χ0n) is 17.9. The number of nitrogens with one attached hydrogen (secondary N) is 3. The van der Waals surface area contributed by atoms with Crippen molar-refractivity contribution >= 4 is 34.1 Å². The Kier molecular flexibility index (Phi) is 6.38. The fourth-order valence-electron chi connectivity index (χ4n) is 3.74. The molecule has 1 fully saturated rings. The van der Waals surface area contributed by atoms with Gasteiger partial charge in [-0.25, -0.2) is 4.68 Å². The molecule has 1 aliphatic heterocycles. The third kappa shape index (κ3) is 4.43. The lowest BCUT2D eigenvalue weighted by Crippen LogP contribution is -2.23. The molecule has 1 saturated heterocycles. The number of aromatic nitrogens is 2. The van der Waals surface area contributed by atoms with E-state index in [1.54, 1.807) is 19.2 Å². The van der Waals surface area contributed by atoms with E-state index in [0.717, 1.165) is 41.5 Å². The highest BCUT2D eigenvalue weighted by atomic mass is 16.5. The molecule has 32 heavy (non-hydrogen) atoms. The Bertz CT molecular complexity index is 1170. The summed E-state index contributed by atoms with van der Waals surface area (Å²) in [5, 5.41) is 14.0. The number of carbonyl (C=O) groups is 2. The van der Waals surface area contributed by atoms with Crippen molar-refractivity contribution in [1.82, 2.24) is 20.4 Å². The van der Waals surface area contributed by atoms with E-state index in [9.17, 15) is 9.59 Å². The predicted octanol–water partition coefficient (Wildman–Crippen LogP) is 3.20. The second-order valence-electron chi connectivity index (χ2n) is 7.51. The SMILES string of the molecule is C#CCNC(=O)c1ccc(Nc2ccc3c(C(=O)NC)nn(C4CCCCO4)c3c2)cc1. The van der Waals surface area contributed by atoms with Gasteiger partial charge in [0.2, 0.25) is 0 Å². The first kappa shape index (κ1) is 21.4. The Hall–Kier alpha value is -3.83. The van der Waals surface area contributed by atoms with Gasteiger partial charge < -0.3 is 20.7 Å². The molecule has 1 atom stereocenters. The van der Waals surface area contributed by atoms with Crippen molar-refractivity contribution in [2.45, 2.75) is 25.5 Å². The first-order valence-electron chi connectivity index (χ1n) is 10.6. The summed E-state index contributed by atoms with van der Waals surface area (Å²) in [5.41, 5.74) is 3.40. The molecule has 2 amide bonds. The van der Waals surface area contributed by atoms with Crippen LogP contribution in [0.2, 0.25) is 0 Å². The van der Waals surface area contributed by atoms with E-state index in [0.29, 0.717) is 17.9 Å². The maximum atomic E-state index is 12.4. The average Bonchev–Trinajstić information content (AvgIpc) is 3.22. The molecule has 0 saturated carbocycles. The standard InChI is InChI=1S/C24H25N5O3/c1-3-13-26-23(30)16-7-9-17(10-8-16)27-18-11-12-19-20(15-18)29(21-6-4-5-14-32-21)28-22(19)24(31)25-2/h1,7-12,15,21,27H,4-6,13-14H2,2H3,(H,25,31)(H,26,30). The van der Waals surface area contributed by atoms with Gasteiger partial charge in [0, 0.05) is 36.0 Å². The molecule has 1 aromatic heterocycles. The van der Waals surface area contributed by atoms with Crippen molar-refractivity contribution in [3.05, 3.63) is 53.7 Å². The number of fused-ring (bicyclic) bond motifs is 1. The number of benzene rings is 2. The van der Waals surface area contributed by atoms with Crippen LogP contribution in [-0.2, 0) is 4.74 Å². The molecule has 3 N–H and O–H groups in total. The number of rotatable bonds is 6. The second-order valence-corrected chi connectivity index (χ2v) is 7.51.